The molecule has 3 nitrogen and oxygen atoms in total. The van der Waals surface area contributed by atoms with E-state index < -0.39 is 13.9 Å². The number of benzene rings is 2. The first-order valence-electron chi connectivity index (χ1n) is 15.8. The minimum atomic E-state index is -2.57. The first-order valence-corrected chi connectivity index (χ1v) is 17.7. The van der Waals surface area contributed by atoms with Crippen LogP contribution in [0.1, 0.15) is 101 Å². The quantitative estimate of drug-likeness (QED) is 0.153. The molecule has 0 bridgehead atoms. The Hall–Kier alpha value is -1.90. The predicted molar refractivity (Wildman–Crippen MR) is 176 cm³/mol. The summed E-state index contributed by atoms with van der Waals surface area (Å²) in [5.41, 5.74) is -0.314. The molecule has 5 atom stereocenters. The summed E-state index contributed by atoms with van der Waals surface area (Å²) in [5.74, 6) is 7.86. The van der Waals surface area contributed by atoms with Crippen LogP contribution >= 0.6 is 0 Å². The van der Waals surface area contributed by atoms with Crippen molar-refractivity contribution in [1.82, 2.24) is 0 Å². The second-order valence-corrected chi connectivity index (χ2v) is 18.3. The lowest BCUT2D eigenvalue weighted by atomic mass is 9.63. The lowest BCUT2D eigenvalue weighted by Gasteiger charge is -2.50. The summed E-state index contributed by atoms with van der Waals surface area (Å²) in [6.07, 6.45) is 5.53. The van der Waals surface area contributed by atoms with Crippen molar-refractivity contribution in [2.45, 2.75) is 124 Å². The fraction of sp³-hybridized carbons (Fsp3) is 0.622. The maximum absolute atomic E-state index is 7.61. The van der Waals surface area contributed by atoms with Crippen LogP contribution in [-0.2, 0) is 13.9 Å². The van der Waals surface area contributed by atoms with Gasteiger partial charge in [-0.25, -0.2) is 0 Å². The lowest BCUT2D eigenvalue weighted by molar-refractivity contribution is -0.169. The normalized spacial score (nSPS) is 22.3. The summed E-state index contributed by atoms with van der Waals surface area (Å²) >= 11 is 0. The van der Waals surface area contributed by atoms with Gasteiger partial charge in [-0.1, -0.05) is 120 Å². The van der Waals surface area contributed by atoms with Crippen molar-refractivity contribution in [2.24, 2.45) is 17.3 Å². The van der Waals surface area contributed by atoms with Crippen LogP contribution in [-0.4, -0.2) is 32.9 Å². The molecule has 3 rings (SSSR count). The Balaban J connectivity index is 1.81. The zero-order chi connectivity index (χ0) is 30.3. The van der Waals surface area contributed by atoms with Gasteiger partial charge in [-0.3, -0.25) is 0 Å². The molecule has 0 spiro atoms. The zero-order valence-electron chi connectivity index (χ0n) is 27.6. The SMILES string of the molecule is CCOC(C)OC(C)(C)C#CC[C@H](C)[C@H](C)[C@@]1(C)CCCC(O[Si](c2ccccc2)(c2ccccc2)C(C)(C)C)C1. The van der Waals surface area contributed by atoms with Gasteiger partial charge in [0.25, 0.3) is 8.32 Å². The Morgan fingerprint density at radius 1 is 0.927 bits per heavy atom. The molecule has 0 N–H and O–H groups in total. The van der Waals surface area contributed by atoms with E-state index in [0.29, 0.717) is 18.4 Å². The monoisotopic (exact) mass is 576 g/mol. The standard InChI is InChI=1S/C37H56O3Si/c1-11-38-31(4)39-36(8,9)26-18-20-29(2)30(3)37(10)27-19-21-32(28-37)40-41(35(5,6)7,33-22-14-12-15-23-33)34-24-16-13-17-25-34/h12-17,22-25,29-32H,11,19-21,27-28H2,1-10H3/t29-,30-,31?,32?,37-/m0/s1. The van der Waals surface area contributed by atoms with Gasteiger partial charge in [0.15, 0.2) is 6.29 Å². The lowest BCUT2D eigenvalue weighted by Crippen LogP contribution is -2.68. The number of rotatable bonds is 11. The molecule has 1 fully saturated rings. The first kappa shape index (κ1) is 33.6. The Morgan fingerprint density at radius 3 is 2.00 bits per heavy atom. The maximum atomic E-state index is 7.61. The summed E-state index contributed by atoms with van der Waals surface area (Å²) in [4.78, 5) is 0. The van der Waals surface area contributed by atoms with E-state index in [1.807, 2.05) is 27.7 Å². The summed E-state index contributed by atoms with van der Waals surface area (Å²) in [7, 11) is -2.57. The largest absolute Gasteiger partial charge is 0.404 e. The van der Waals surface area contributed by atoms with Crippen LogP contribution in [0.4, 0.5) is 0 Å². The van der Waals surface area contributed by atoms with Crippen LogP contribution in [0.25, 0.3) is 0 Å². The van der Waals surface area contributed by atoms with E-state index in [-0.39, 0.29) is 22.8 Å². The Kier molecular flexibility index (Phi) is 11.5. The third kappa shape index (κ3) is 8.35. The van der Waals surface area contributed by atoms with E-state index in [9.17, 15) is 0 Å². The minimum absolute atomic E-state index is 0.00735. The van der Waals surface area contributed by atoms with Gasteiger partial charge in [-0.05, 0) is 79.6 Å². The Labute approximate surface area is 252 Å². The van der Waals surface area contributed by atoms with Crippen molar-refractivity contribution < 1.29 is 13.9 Å². The van der Waals surface area contributed by atoms with Crippen LogP contribution in [0.3, 0.4) is 0 Å². The third-order valence-corrected chi connectivity index (χ3v) is 14.4. The summed E-state index contributed by atoms with van der Waals surface area (Å²) in [6, 6.07) is 22.1. The van der Waals surface area contributed by atoms with Gasteiger partial charge in [0.2, 0.25) is 0 Å². The fourth-order valence-electron chi connectivity index (χ4n) is 6.91. The molecule has 2 aromatic rings. The van der Waals surface area contributed by atoms with Gasteiger partial charge in [-0.2, -0.15) is 0 Å². The predicted octanol–water partition coefficient (Wildman–Crippen LogP) is 8.36. The molecule has 2 unspecified atom stereocenters. The highest BCUT2D eigenvalue weighted by Crippen LogP contribution is 2.48. The smallest absolute Gasteiger partial charge is 0.261 e. The van der Waals surface area contributed by atoms with Crippen LogP contribution in [0.5, 0.6) is 0 Å². The second-order valence-electron chi connectivity index (χ2n) is 14.1. The second kappa shape index (κ2) is 14.0. The van der Waals surface area contributed by atoms with E-state index in [0.717, 1.165) is 19.3 Å². The number of ether oxygens (including phenoxy) is 2. The van der Waals surface area contributed by atoms with Crippen LogP contribution in [0.15, 0.2) is 60.7 Å². The van der Waals surface area contributed by atoms with Gasteiger partial charge < -0.3 is 13.9 Å². The van der Waals surface area contributed by atoms with E-state index in [1.165, 1.54) is 23.2 Å². The molecule has 1 aliphatic carbocycles. The summed E-state index contributed by atoms with van der Waals surface area (Å²) in [5, 5.41) is 2.73. The summed E-state index contributed by atoms with van der Waals surface area (Å²) in [6.45, 7) is 23.1. The van der Waals surface area contributed by atoms with Crippen molar-refractivity contribution in [3.8, 4) is 11.8 Å². The van der Waals surface area contributed by atoms with E-state index in [2.05, 4.69) is 114 Å². The molecule has 0 aliphatic heterocycles. The van der Waals surface area contributed by atoms with Crippen molar-refractivity contribution >= 4 is 18.7 Å². The van der Waals surface area contributed by atoms with Crippen molar-refractivity contribution in [3.05, 3.63) is 60.7 Å². The van der Waals surface area contributed by atoms with Crippen LogP contribution < -0.4 is 10.4 Å². The van der Waals surface area contributed by atoms with Gasteiger partial charge in [0.05, 0.1) is 0 Å². The van der Waals surface area contributed by atoms with Gasteiger partial charge >= 0.3 is 0 Å². The van der Waals surface area contributed by atoms with E-state index >= 15 is 0 Å². The highest BCUT2D eigenvalue weighted by molar-refractivity contribution is 6.99. The molecule has 1 aliphatic rings. The fourth-order valence-corrected chi connectivity index (χ4v) is 11.6. The van der Waals surface area contributed by atoms with Gasteiger partial charge in [0, 0.05) is 19.1 Å². The maximum Gasteiger partial charge on any atom is 0.261 e. The van der Waals surface area contributed by atoms with E-state index in [1.54, 1.807) is 0 Å². The topological polar surface area (TPSA) is 27.7 Å². The molecule has 226 valence electrons. The average Bonchev–Trinajstić information content (AvgIpc) is 2.91. The highest BCUT2D eigenvalue weighted by Gasteiger charge is 2.52. The van der Waals surface area contributed by atoms with Crippen LogP contribution in [0.2, 0.25) is 5.04 Å². The summed E-state index contributed by atoms with van der Waals surface area (Å²) < 4.78 is 19.2. The molecule has 2 aromatic carbocycles. The third-order valence-electron chi connectivity index (χ3n) is 9.36. The molecule has 0 aromatic heterocycles. The number of hydrogen-bond donors (Lipinski definition) is 0. The molecule has 4 heteroatoms. The molecular formula is C37H56O3Si. The highest BCUT2D eigenvalue weighted by atomic mass is 28.4. The zero-order valence-corrected chi connectivity index (χ0v) is 28.6. The van der Waals surface area contributed by atoms with Gasteiger partial charge in [-0.15, -0.1) is 0 Å². The Morgan fingerprint density at radius 2 is 1.49 bits per heavy atom. The molecule has 1 saturated carbocycles. The Bertz CT molecular complexity index is 1090. The molecule has 0 heterocycles. The first-order chi connectivity index (χ1) is 19.2. The van der Waals surface area contributed by atoms with E-state index in [4.69, 9.17) is 13.9 Å². The van der Waals surface area contributed by atoms with Crippen molar-refractivity contribution in [2.75, 3.05) is 6.61 Å². The van der Waals surface area contributed by atoms with Crippen molar-refractivity contribution in [3.63, 3.8) is 0 Å². The molecule has 0 saturated heterocycles. The van der Waals surface area contributed by atoms with Crippen molar-refractivity contribution in [1.29, 1.82) is 0 Å². The minimum Gasteiger partial charge on any atom is -0.404 e. The molecular weight excluding hydrogens is 520 g/mol. The molecule has 41 heavy (non-hydrogen) atoms. The number of hydrogen-bond acceptors (Lipinski definition) is 3. The average molecular weight is 577 g/mol. The molecule has 0 radical (unpaired) electrons. The van der Waals surface area contributed by atoms with Gasteiger partial charge in [0.1, 0.15) is 5.60 Å². The molecule has 0 amide bonds. The van der Waals surface area contributed by atoms with Crippen LogP contribution in [0, 0.1) is 29.1 Å².